The molecule has 1 aliphatic rings. The van der Waals surface area contributed by atoms with Crippen molar-refractivity contribution >= 4 is 16.0 Å². The molecule has 1 saturated carbocycles. The number of nitrogens with zero attached hydrogens (tertiary/aromatic N) is 1. The van der Waals surface area contributed by atoms with E-state index in [0.717, 1.165) is 0 Å². The Kier molecular flexibility index (Phi) is 4.98. The molecule has 1 fully saturated rings. The summed E-state index contributed by atoms with van der Waals surface area (Å²) in [4.78, 5) is 0. The van der Waals surface area contributed by atoms with Crippen molar-refractivity contribution in [2.45, 2.75) is 31.5 Å². The maximum Gasteiger partial charge on any atom is 0.402 e. The molecule has 2 unspecified atom stereocenters. The van der Waals surface area contributed by atoms with Gasteiger partial charge in [0.25, 0.3) is 10.2 Å². The Labute approximate surface area is 108 Å². The van der Waals surface area contributed by atoms with Gasteiger partial charge in [-0.05, 0) is 12.8 Å². The summed E-state index contributed by atoms with van der Waals surface area (Å²) in [5.74, 6) is -0.659. The van der Waals surface area contributed by atoms with Crippen molar-refractivity contribution in [1.29, 1.82) is 0 Å². The molecule has 5 N–H and O–H groups in total. The fourth-order valence-corrected chi connectivity index (χ4v) is 3.06. The molecule has 0 aromatic heterocycles. The van der Waals surface area contributed by atoms with E-state index in [9.17, 15) is 21.6 Å². The van der Waals surface area contributed by atoms with E-state index in [4.69, 9.17) is 10.9 Å². The second kappa shape index (κ2) is 5.92. The highest BCUT2D eigenvalue weighted by Crippen LogP contribution is 2.26. The van der Waals surface area contributed by atoms with E-state index < -0.39 is 34.9 Å². The SMILES string of the molecule is NC(=NO)C1CCCC1NS(=O)(=O)NCC(F)(F)F. The van der Waals surface area contributed by atoms with E-state index in [1.165, 1.54) is 4.72 Å². The standard InChI is InChI=1S/C8H15F3N4O3S/c9-8(10,11)4-13-19(17,18)15-6-3-1-2-5(6)7(12)14-16/h5-6,13,15-16H,1-4H2,(H2,12,14). The third-order valence-electron chi connectivity index (χ3n) is 2.78. The molecule has 0 heterocycles. The van der Waals surface area contributed by atoms with Crippen LogP contribution >= 0.6 is 0 Å². The van der Waals surface area contributed by atoms with Gasteiger partial charge in [-0.2, -0.15) is 31.0 Å². The zero-order valence-electron chi connectivity index (χ0n) is 9.81. The third kappa shape index (κ3) is 5.20. The second-order valence-electron chi connectivity index (χ2n) is 4.23. The van der Waals surface area contributed by atoms with Crippen LogP contribution in [0.2, 0.25) is 0 Å². The number of nitrogens with two attached hydrogens (primary N) is 1. The smallest absolute Gasteiger partial charge is 0.402 e. The highest BCUT2D eigenvalue weighted by molar-refractivity contribution is 7.87. The molecular formula is C8H15F3N4O3S. The van der Waals surface area contributed by atoms with E-state index >= 15 is 0 Å². The summed E-state index contributed by atoms with van der Waals surface area (Å²) < 4.78 is 62.1. The molecule has 11 heteroatoms. The first kappa shape index (κ1) is 16.0. The first-order chi connectivity index (χ1) is 8.64. The van der Waals surface area contributed by atoms with Crippen molar-refractivity contribution in [3.8, 4) is 0 Å². The van der Waals surface area contributed by atoms with Crippen molar-refractivity contribution in [2.24, 2.45) is 16.8 Å². The minimum atomic E-state index is -4.63. The molecule has 2 atom stereocenters. The van der Waals surface area contributed by atoms with Crippen molar-refractivity contribution < 1.29 is 26.8 Å². The molecule has 1 rings (SSSR count). The molecule has 0 amide bonds. The first-order valence-corrected chi connectivity index (χ1v) is 6.94. The van der Waals surface area contributed by atoms with Gasteiger partial charge in [-0.25, -0.2) is 0 Å². The number of amidine groups is 1. The summed E-state index contributed by atoms with van der Waals surface area (Å²) in [6, 6.07) is -0.679. The molecule has 112 valence electrons. The molecular weight excluding hydrogens is 289 g/mol. The van der Waals surface area contributed by atoms with Crippen LogP contribution in [0.1, 0.15) is 19.3 Å². The Balaban J connectivity index is 2.62. The average Bonchev–Trinajstić information content (AvgIpc) is 2.72. The average molecular weight is 304 g/mol. The van der Waals surface area contributed by atoms with Gasteiger partial charge in [0.1, 0.15) is 12.4 Å². The normalized spacial score (nSPS) is 25.7. The predicted octanol–water partition coefficient (Wildman–Crippen LogP) is -0.112. The van der Waals surface area contributed by atoms with Crippen LogP contribution in [0, 0.1) is 5.92 Å². The van der Waals surface area contributed by atoms with Crippen molar-refractivity contribution in [1.82, 2.24) is 9.44 Å². The molecule has 0 aromatic carbocycles. The minimum absolute atomic E-state index is 0.138. The lowest BCUT2D eigenvalue weighted by molar-refractivity contribution is -0.121. The largest absolute Gasteiger partial charge is 0.409 e. The van der Waals surface area contributed by atoms with Crippen molar-refractivity contribution in [3.05, 3.63) is 0 Å². The molecule has 0 spiro atoms. The molecule has 1 aliphatic carbocycles. The summed E-state index contributed by atoms with van der Waals surface area (Å²) in [5.41, 5.74) is 5.40. The monoisotopic (exact) mass is 304 g/mol. The van der Waals surface area contributed by atoms with E-state index in [-0.39, 0.29) is 5.84 Å². The van der Waals surface area contributed by atoms with Crippen LogP contribution in [0.25, 0.3) is 0 Å². The lowest BCUT2D eigenvalue weighted by Gasteiger charge is -2.20. The van der Waals surface area contributed by atoms with E-state index in [1.54, 1.807) is 0 Å². The fourth-order valence-electron chi connectivity index (χ4n) is 1.95. The van der Waals surface area contributed by atoms with E-state index in [1.807, 2.05) is 0 Å². The van der Waals surface area contributed by atoms with Crippen molar-refractivity contribution in [3.63, 3.8) is 0 Å². The Morgan fingerprint density at radius 1 is 1.42 bits per heavy atom. The summed E-state index contributed by atoms with van der Waals surface area (Å²) in [6.07, 6.45) is -3.08. The lowest BCUT2D eigenvalue weighted by atomic mass is 10.0. The van der Waals surface area contributed by atoms with Crippen LogP contribution in [0.3, 0.4) is 0 Å². The second-order valence-corrected chi connectivity index (χ2v) is 5.76. The summed E-state index contributed by atoms with van der Waals surface area (Å²) in [6.45, 7) is -1.65. The number of hydrogen-bond donors (Lipinski definition) is 4. The molecule has 0 bridgehead atoms. The van der Waals surface area contributed by atoms with Crippen LogP contribution in [0.15, 0.2) is 5.16 Å². The van der Waals surface area contributed by atoms with Gasteiger partial charge in [0.15, 0.2) is 0 Å². The van der Waals surface area contributed by atoms with Gasteiger partial charge in [-0.15, -0.1) is 0 Å². The summed E-state index contributed by atoms with van der Waals surface area (Å²) >= 11 is 0. The number of rotatable bonds is 5. The number of halogens is 3. The highest BCUT2D eigenvalue weighted by atomic mass is 32.2. The third-order valence-corrected chi connectivity index (χ3v) is 3.92. The molecule has 0 aromatic rings. The molecule has 19 heavy (non-hydrogen) atoms. The van der Waals surface area contributed by atoms with Gasteiger partial charge in [0.2, 0.25) is 0 Å². The van der Waals surface area contributed by atoms with Gasteiger partial charge >= 0.3 is 6.18 Å². The zero-order valence-corrected chi connectivity index (χ0v) is 10.6. The van der Waals surface area contributed by atoms with Crippen LogP contribution in [-0.4, -0.2) is 38.2 Å². The Morgan fingerprint density at radius 2 is 2.05 bits per heavy atom. The van der Waals surface area contributed by atoms with Gasteiger partial charge in [0.05, 0.1) is 0 Å². The Bertz CT molecular complexity index is 437. The minimum Gasteiger partial charge on any atom is -0.409 e. The Morgan fingerprint density at radius 3 is 2.58 bits per heavy atom. The molecule has 0 aliphatic heterocycles. The molecule has 0 saturated heterocycles. The van der Waals surface area contributed by atoms with E-state index in [2.05, 4.69) is 9.88 Å². The van der Waals surface area contributed by atoms with Gasteiger partial charge in [-0.1, -0.05) is 11.6 Å². The zero-order chi connectivity index (χ0) is 14.7. The summed E-state index contributed by atoms with van der Waals surface area (Å²) in [5, 5.41) is 11.3. The Hall–Kier alpha value is -1.07. The topological polar surface area (TPSA) is 117 Å². The molecule has 0 radical (unpaired) electrons. The maximum absolute atomic E-state index is 11.9. The fraction of sp³-hybridized carbons (Fsp3) is 0.875. The predicted molar refractivity (Wildman–Crippen MR) is 60.7 cm³/mol. The van der Waals surface area contributed by atoms with Crippen LogP contribution in [0.4, 0.5) is 13.2 Å². The van der Waals surface area contributed by atoms with Gasteiger partial charge in [0, 0.05) is 12.0 Å². The molecule has 7 nitrogen and oxygen atoms in total. The van der Waals surface area contributed by atoms with Crippen LogP contribution in [-0.2, 0) is 10.2 Å². The van der Waals surface area contributed by atoms with Crippen molar-refractivity contribution in [2.75, 3.05) is 6.54 Å². The number of oxime groups is 1. The summed E-state index contributed by atoms with van der Waals surface area (Å²) in [7, 11) is -4.29. The maximum atomic E-state index is 11.9. The first-order valence-electron chi connectivity index (χ1n) is 5.46. The number of nitrogens with one attached hydrogen (secondary N) is 2. The van der Waals surface area contributed by atoms with Gasteiger partial charge in [-0.3, -0.25) is 0 Å². The quantitative estimate of drug-likeness (QED) is 0.245. The van der Waals surface area contributed by atoms with Crippen LogP contribution in [0.5, 0.6) is 0 Å². The highest BCUT2D eigenvalue weighted by Gasteiger charge is 2.35. The van der Waals surface area contributed by atoms with Gasteiger partial charge < -0.3 is 10.9 Å². The van der Waals surface area contributed by atoms with Crippen LogP contribution < -0.4 is 15.2 Å². The number of hydrogen-bond acceptors (Lipinski definition) is 4. The van der Waals surface area contributed by atoms with E-state index in [0.29, 0.717) is 19.3 Å². The number of alkyl halides is 3. The lowest BCUT2D eigenvalue weighted by Crippen LogP contribution is -2.48.